The summed E-state index contributed by atoms with van der Waals surface area (Å²) >= 11 is 12.5. The van der Waals surface area contributed by atoms with Crippen LogP contribution in [-0.4, -0.2) is 30.7 Å². The predicted octanol–water partition coefficient (Wildman–Crippen LogP) is 4.50. The second-order valence-electron chi connectivity index (χ2n) is 6.80. The summed E-state index contributed by atoms with van der Waals surface area (Å²) in [7, 11) is 0. The number of piperidine rings is 1. The number of aromatic nitrogens is 1. The molecule has 1 amide bonds. The second-order valence-corrected chi connectivity index (χ2v) is 7.62. The van der Waals surface area contributed by atoms with Crippen LogP contribution in [0.1, 0.15) is 35.9 Å². The summed E-state index contributed by atoms with van der Waals surface area (Å²) in [6, 6.07) is 5.17. The van der Waals surface area contributed by atoms with E-state index in [2.05, 4.69) is 22.7 Å². The molecule has 2 heterocycles. The molecule has 0 unspecified atom stereocenters. The lowest BCUT2D eigenvalue weighted by Crippen LogP contribution is -2.43. The number of rotatable bonds is 4. The molecule has 0 radical (unpaired) electrons. The highest BCUT2D eigenvalue weighted by molar-refractivity contribution is 6.39. The third kappa shape index (κ3) is 4.34. The Morgan fingerprint density at radius 3 is 2.54 bits per heavy atom. The molecule has 2 N–H and O–H groups in total. The van der Waals surface area contributed by atoms with Crippen LogP contribution in [0.4, 0.5) is 0 Å². The van der Waals surface area contributed by atoms with Crippen LogP contribution in [0, 0.1) is 12.3 Å². The molecule has 0 saturated carbocycles. The third-order valence-electron chi connectivity index (χ3n) is 4.78. The van der Waals surface area contributed by atoms with Gasteiger partial charge in [-0.2, -0.15) is 0 Å². The minimum atomic E-state index is -0.218. The van der Waals surface area contributed by atoms with Crippen LogP contribution in [0.5, 0.6) is 0 Å². The molecule has 0 spiro atoms. The number of hydrogen-bond acceptors (Lipinski definition) is 4. The van der Waals surface area contributed by atoms with Gasteiger partial charge in [-0.25, -0.2) is 0 Å². The first kappa shape index (κ1) is 21.0. The Balaban J connectivity index is 0.00000243. The maximum atomic E-state index is 12.8. The number of nitrogens with zero attached hydrogens (tertiary/aromatic N) is 1. The maximum absolute atomic E-state index is 12.8. The Kier molecular flexibility index (Phi) is 6.97. The zero-order valence-electron chi connectivity index (χ0n) is 14.7. The van der Waals surface area contributed by atoms with Gasteiger partial charge in [0, 0.05) is 12.1 Å². The summed E-state index contributed by atoms with van der Waals surface area (Å²) in [5, 5.41) is 11.3. The van der Waals surface area contributed by atoms with Crippen LogP contribution in [0.15, 0.2) is 22.7 Å². The molecule has 0 aliphatic carbocycles. The van der Waals surface area contributed by atoms with Crippen molar-refractivity contribution in [2.24, 2.45) is 5.41 Å². The van der Waals surface area contributed by atoms with E-state index in [0.717, 1.165) is 25.9 Å². The van der Waals surface area contributed by atoms with Gasteiger partial charge < -0.3 is 15.2 Å². The van der Waals surface area contributed by atoms with Gasteiger partial charge >= 0.3 is 0 Å². The molecule has 1 aliphatic rings. The summed E-state index contributed by atoms with van der Waals surface area (Å²) in [5.74, 6) is 0.225. The van der Waals surface area contributed by atoms with Gasteiger partial charge in [-0.15, -0.1) is 12.4 Å². The molecule has 2 aromatic rings. The van der Waals surface area contributed by atoms with Gasteiger partial charge in [-0.1, -0.05) is 41.3 Å². The normalized spacial score (nSPS) is 16.0. The van der Waals surface area contributed by atoms with E-state index < -0.39 is 0 Å². The highest BCUT2D eigenvalue weighted by atomic mass is 35.5. The fraction of sp³-hybridized carbons (Fsp3) is 0.444. The highest BCUT2D eigenvalue weighted by Gasteiger charge is 2.29. The first-order valence-corrected chi connectivity index (χ1v) is 9.06. The van der Waals surface area contributed by atoms with Gasteiger partial charge in [0.25, 0.3) is 5.91 Å². The van der Waals surface area contributed by atoms with Crippen LogP contribution in [0.3, 0.4) is 0 Å². The molecule has 142 valence electrons. The van der Waals surface area contributed by atoms with E-state index in [1.54, 1.807) is 25.1 Å². The number of nitrogens with one attached hydrogen (secondary N) is 2. The molecule has 0 atom stereocenters. The lowest BCUT2D eigenvalue weighted by Gasteiger charge is -2.34. The fourth-order valence-electron chi connectivity index (χ4n) is 3.12. The van der Waals surface area contributed by atoms with Crippen molar-refractivity contribution in [3.8, 4) is 11.3 Å². The summed E-state index contributed by atoms with van der Waals surface area (Å²) in [6.07, 6.45) is 2.05. The first-order chi connectivity index (χ1) is 11.9. The van der Waals surface area contributed by atoms with Gasteiger partial charge in [-0.3, -0.25) is 4.79 Å². The van der Waals surface area contributed by atoms with E-state index in [1.165, 1.54) is 0 Å². The number of carbonyl (C=O) groups is 1. The minimum absolute atomic E-state index is 0. The Bertz CT molecular complexity index is 766. The van der Waals surface area contributed by atoms with Crippen molar-refractivity contribution in [1.82, 2.24) is 15.8 Å². The Labute approximate surface area is 169 Å². The first-order valence-electron chi connectivity index (χ1n) is 8.31. The van der Waals surface area contributed by atoms with Crippen molar-refractivity contribution < 1.29 is 9.32 Å². The lowest BCUT2D eigenvalue weighted by atomic mass is 9.81. The van der Waals surface area contributed by atoms with E-state index in [9.17, 15) is 4.79 Å². The molecular weight excluding hydrogens is 397 g/mol. The minimum Gasteiger partial charge on any atom is -0.360 e. The molecule has 0 bridgehead atoms. The van der Waals surface area contributed by atoms with Gasteiger partial charge in [0.2, 0.25) is 0 Å². The van der Waals surface area contributed by atoms with Gasteiger partial charge in [0.05, 0.1) is 10.0 Å². The molecule has 1 aliphatic heterocycles. The molecule has 1 fully saturated rings. The molecule has 1 aromatic heterocycles. The zero-order valence-corrected chi connectivity index (χ0v) is 17.0. The topological polar surface area (TPSA) is 67.2 Å². The van der Waals surface area contributed by atoms with Crippen LogP contribution in [-0.2, 0) is 0 Å². The largest absolute Gasteiger partial charge is 0.360 e. The summed E-state index contributed by atoms with van der Waals surface area (Å²) in [4.78, 5) is 12.8. The number of amides is 1. The van der Waals surface area contributed by atoms with Crippen LogP contribution in [0.25, 0.3) is 11.3 Å². The Hall–Kier alpha value is -1.27. The number of aryl methyl sites for hydroxylation is 1. The van der Waals surface area contributed by atoms with Crippen LogP contribution >= 0.6 is 35.6 Å². The number of halogens is 3. The molecule has 1 aromatic carbocycles. The van der Waals surface area contributed by atoms with E-state index in [-0.39, 0.29) is 23.7 Å². The predicted molar refractivity (Wildman–Crippen MR) is 106 cm³/mol. The van der Waals surface area contributed by atoms with E-state index in [4.69, 9.17) is 27.7 Å². The van der Waals surface area contributed by atoms with Crippen LogP contribution in [0.2, 0.25) is 10.0 Å². The summed E-state index contributed by atoms with van der Waals surface area (Å²) < 4.78 is 5.26. The zero-order chi connectivity index (χ0) is 18.0. The molecule has 8 heteroatoms. The van der Waals surface area contributed by atoms with Gasteiger partial charge in [0.1, 0.15) is 17.0 Å². The summed E-state index contributed by atoms with van der Waals surface area (Å²) in [5.41, 5.74) is 1.36. The van der Waals surface area contributed by atoms with Crippen molar-refractivity contribution in [2.45, 2.75) is 26.7 Å². The van der Waals surface area contributed by atoms with Crippen molar-refractivity contribution in [1.29, 1.82) is 0 Å². The van der Waals surface area contributed by atoms with Gasteiger partial charge in [0.15, 0.2) is 0 Å². The third-order valence-corrected chi connectivity index (χ3v) is 5.41. The lowest BCUT2D eigenvalue weighted by molar-refractivity contribution is 0.0921. The number of hydrogen-bond donors (Lipinski definition) is 2. The molecule has 26 heavy (non-hydrogen) atoms. The van der Waals surface area contributed by atoms with Crippen LogP contribution < -0.4 is 10.6 Å². The molecule has 5 nitrogen and oxygen atoms in total. The SMILES string of the molecule is Cc1onc(-c2c(Cl)cccc2Cl)c1C(=O)NCC1(C)CCNCC1.Cl. The van der Waals surface area contributed by atoms with Crippen molar-refractivity contribution in [3.05, 3.63) is 39.6 Å². The molecule has 1 saturated heterocycles. The fourth-order valence-corrected chi connectivity index (χ4v) is 3.70. The van der Waals surface area contributed by atoms with Crippen molar-refractivity contribution in [2.75, 3.05) is 19.6 Å². The number of benzene rings is 1. The second kappa shape index (κ2) is 8.61. The molecular formula is C18H22Cl3N3O2. The average molecular weight is 419 g/mol. The Morgan fingerprint density at radius 2 is 1.92 bits per heavy atom. The summed E-state index contributed by atoms with van der Waals surface area (Å²) in [6.45, 7) is 6.45. The van der Waals surface area contributed by atoms with Crippen molar-refractivity contribution >= 4 is 41.5 Å². The van der Waals surface area contributed by atoms with E-state index >= 15 is 0 Å². The standard InChI is InChI=1S/C18H21Cl2N3O2.ClH/c1-11-14(17(24)22-10-18(2)6-8-21-9-7-18)16(23-25-11)15-12(19)4-3-5-13(15)20;/h3-5,21H,6-10H2,1-2H3,(H,22,24);1H. The number of carbonyl (C=O) groups excluding carboxylic acids is 1. The van der Waals surface area contributed by atoms with Crippen molar-refractivity contribution in [3.63, 3.8) is 0 Å². The Morgan fingerprint density at radius 1 is 1.31 bits per heavy atom. The molecule has 3 rings (SSSR count). The average Bonchev–Trinajstić information content (AvgIpc) is 2.95. The quantitative estimate of drug-likeness (QED) is 0.767. The van der Waals surface area contributed by atoms with Gasteiger partial charge in [-0.05, 0) is 50.4 Å². The van der Waals surface area contributed by atoms with E-state index in [1.807, 2.05) is 0 Å². The monoisotopic (exact) mass is 417 g/mol. The van der Waals surface area contributed by atoms with E-state index in [0.29, 0.717) is 39.2 Å². The highest BCUT2D eigenvalue weighted by Crippen LogP contribution is 2.36. The maximum Gasteiger partial charge on any atom is 0.257 e. The smallest absolute Gasteiger partial charge is 0.257 e.